The predicted octanol–water partition coefficient (Wildman–Crippen LogP) is 4.53. The first-order valence-electron chi connectivity index (χ1n) is 9.09. The quantitative estimate of drug-likeness (QED) is 0.454. The van der Waals surface area contributed by atoms with Crippen LogP contribution in [0.4, 0.5) is 5.13 Å². The van der Waals surface area contributed by atoms with E-state index in [0.717, 1.165) is 21.4 Å². The second kappa shape index (κ2) is 8.67. The number of thiazole rings is 1. The average Bonchev–Trinajstić information content (AvgIpc) is 3.34. The highest BCUT2D eigenvalue weighted by atomic mass is 32.2. The number of nitrogens with one attached hydrogen (secondary N) is 2. The van der Waals surface area contributed by atoms with Crippen molar-refractivity contribution in [3.63, 3.8) is 0 Å². The van der Waals surface area contributed by atoms with E-state index in [4.69, 9.17) is 4.42 Å². The number of aromatic nitrogens is 1. The minimum Gasteiger partial charge on any atom is -0.451 e. The third kappa shape index (κ3) is 4.44. The number of anilines is 1. The lowest BCUT2D eigenvalue weighted by Gasteiger charge is -2.16. The van der Waals surface area contributed by atoms with Crippen LogP contribution >= 0.6 is 23.1 Å². The molecule has 1 atom stereocenters. The van der Waals surface area contributed by atoms with Gasteiger partial charge in [0, 0.05) is 5.39 Å². The summed E-state index contributed by atoms with van der Waals surface area (Å²) in [5, 5.41) is 7.00. The molecule has 0 aliphatic heterocycles. The first-order valence-corrected chi connectivity index (χ1v) is 11.3. The maximum Gasteiger partial charge on any atom is 0.287 e. The lowest BCUT2D eigenvalue weighted by Crippen LogP contribution is -2.44. The summed E-state index contributed by atoms with van der Waals surface area (Å²) in [6, 6.07) is 16.1. The molecule has 2 aromatic carbocycles. The Balaban J connectivity index is 1.49. The first-order chi connectivity index (χ1) is 14.1. The molecular weight excluding hydrogens is 406 g/mol. The van der Waals surface area contributed by atoms with E-state index < -0.39 is 11.9 Å². The molecule has 4 rings (SSSR count). The van der Waals surface area contributed by atoms with E-state index in [1.54, 1.807) is 23.9 Å². The normalized spacial score (nSPS) is 12.2. The predicted molar refractivity (Wildman–Crippen MR) is 119 cm³/mol. The van der Waals surface area contributed by atoms with Crippen molar-refractivity contribution in [2.45, 2.75) is 12.5 Å². The molecule has 0 aliphatic carbocycles. The average molecular weight is 426 g/mol. The summed E-state index contributed by atoms with van der Waals surface area (Å²) in [7, 11) is 0. The number of hydrogen-bond acceptors (Lipinski definition) is 6. The summed E-state index contributed by atoms with van der Waals surface area (Å²) in [5.74, 6) is 0.223. The molecule has 0 radical (unpaired) electrons. The SMILES string of the molecule is CSCC[C@H](NC(=O)c1cc2ccccc2o1)C(=O)Nc1nc2ccccc2s1. The molecule has 0 fully saturated rings. The Kier molecular flexibility index (Phi) is 5.82. The van der Waals surface area contributed by atoms with Crippen LogP contribution in [0.25, 0.3) is 21.2 Å². The van der Waals surface area contributed by atoms with E-state index in [9.17, 15) is 9.59 Å². The molecule has 4 aromatic rings. The van der Waals surface area contributed by atoms with Crippen molar-refractivity contribution in [2.24, 2.45) is 0 Å². The molecule has 0 spiro atoms. The summed E-state index contributed by atoms with van der Waals surface area (Å²) in [6.45, 7) is 0. The Bertz CT molecular complexity index is 1100. The van der Waals surface area contributed by atoms with Crippen molar-refractivity contribution < 1.29 is 14.0 Å². The number of thioether (sulfide) groups is 1. The number of para-hydroxylation sites is 2. The molecule has 0 aliphatic rings. The Hall–Kier alpha value is -2.84. The standard InChI is InChI=1S/C21H19N3O3S2/c1-28-11-10-15(19(25)24-21-23-14-7-3-5-9-18(14)29-21)22-20(26)17-12-13-6-2-4-8-16(13)27-17/h2-9,12,15H,10-11H2,1H3,(H,22,26)(H,23,24,25)/t15-/m0/s1. The van der Waals surface area contributed by atoms with E-state index >= 15 is 0 Å². The number of amides is 2. The molecule has 2 aromatic heterocycles. The van der Waals surface area contributed by atoms with Crippen molar-refractivity contribution in [3.05, 3.63) is 60.4 Å². The second-order valence-electron chi connectivity index (χ2n) is 6.43. The van der Waals surface area contributed by atoms with Crippen LogP contribution in [-0.4, -0.2) is 34.8 Å². The van der Waals surface area contributed by atoms with E-state index in [0.29, 0.717) is 17.1 Å². The fourth-order valence-electron chi connectivity index (χ4n) is 2.95. The number of nitrogens with zero attached hydrogens (tertiary/aromatic N) is 1. The summed E-state index contributed by atoms with van der Waals surface area (Å²) >= 11 is 3.02. The summed E-state index contributed by atoms with van der Waals surface area (Å²) in [6.07, 6.45) is 2.47. The van der Waals surface area contributed by atoms with Crippen LogP contribution in [0, 0.1) is 0 Å². The lowest BCUT2D eigenvalue weighted by atomic mass is 10.2. The Morgan fingerprint density at radius 3 is 2.76 bits per heavy atom. The van der Waals surface area contributed by atoms with Gasteiger partial charge < -0.3 is 15.1 Å². The molecule has 2 N–H and O–H groups in total. The van der Waals surface area contributed by atoms with Crippen LogP contribution in [0.5, 0.6) is 0 Å². The molecule has 8 heteroatoms. The number of hydrogen-bond donors (Lipinski definition) is 2. The molecule has 0 bridgehead atoms. The van der Waals surface area contributed by atoms with Gasteiger partial charge in [0.1, 0.15) is 11.6 Å². The second-order valence-corrected chi connectivity index (χ2v) is 8.45. The fraction of sp³-hybridized carbons (Fsp3) is 0.190. The molecule has 148 valence electrons. The van der Waals surface area contributed by atoms with E-state index in [2.05, 4.69) is 15.6 Å². The van der Waals surface area contributed by atoms with Crippen molar-refractivity contribution in [2.75, 3.05) is 17.3 Å². The number of carbonyl (C=O) groups is 2. The fourth-order valence-corrected chi connectivity index (χ4v) is 4.29. The van der Waals surface area contributed by atoms with Gasteiger partial charge in [-0.05, 0) is 42.7 Å². The highest BCUT2D eigenvalue weighted by Crippen LogP contribution is 2.25. The first kappa shape index (κ1) is 19.5. The minimum absolute atomic E-state index is 0.188. The van der Waals surface area contributed by atoms with Crippen LogP contribution in [-0.2, 0) is 4.79 Å². The molecule has 0 saturated heterocycles. The number of rotatable bonds is 7. The van der Waals surface area contributed by atoms with Gasteiger partial charge in [0.25, 0.3) is 5.91 Å². The van der Waals surface area contributed by atoms with Gasteiger partial charge in [-0.1, -0.05) is 41.7 Å². The summed E-state index contributed by atoms with van der Waals surface area (Å²) in [5.41, 5.74) is 1.47. The number of furan rings is 1. The van der Waals surface area contributed by atoms with E-state index in [-0.39, 0.29) is 11.7 Å². The topological polar surface area (TPSA) is 84.2 Å². The maximum atomic E-state index is 12.8. The van der Waals surface area contributed by atoms with E-state index in [1.807, 2.05) is 48.7 Å². The van der Waals surface area contributed by atoms with Gasteiger partial charge in [0.15, 0.2) is 10.9 Å². The highest BCUT2D eigenvalue weighted by Gasteiger charge is 2.24. The third-order valence-corrected chi connectivity index (χ3v) is 6.00. The van der Waals surface area contributed by atoms with E-state index in [1.165, 1.54) is 11.3 Å². The zero-order valence-corrected chi connectivity index (χ0v) is 17.3. The number of fused-ring (bicyclic) bond motifs is 2. The third-order valence-electron chi connectivity index (χ3n) is 4.41. The zero-order valence-electron chi connectivity index (χ0n) is 15.7. The largest absolute Gasteiger partial charge is 0.451 e. The smallest absolute Gasteiger partial charge is 0.287 e. The van der Waals surface area contributed by atoms with Crippen LogP contribution in [0.1, 0.15) is 17.0 Å². The Morgan fingerprint density at radius 2 is 1.97 bits per heavy atom. The molecule has 0 unspecified atom stereocenters. The van der Waals surface area contributed by atoms with Crippen LogP contribution in [0.3, 0.4) is 0 Å². The van der Waals surface area contributed by atoms with Crippen molar-refractivity contribution in [3.8, 4) is 0 Å². The van der Waals surface area contributed by atoms with Crippen molar-refractivity contribution in [1.29, 1.82) is 0 Å². The van der Waals surface area contributed by atoms with Gasteiger partial charge in [0.2, 0.25) is 5.91 Å². The molecule has 6 nitrogen and oxygen atoms in total. The molecule has 2 heterocycles. The summed E-state index contributed by atoms with van der Waals surface area (Å²) in [4.78, 5) is 29.9. The summed E-state index contributed by atoms with van der Waals surface area (Å²) < 4.78 is 6.61. The highest BCUT2D eigenvalue weighted by molar-refractivity contribution is 7.98. The molecule has 0 saturated carbocycles. The minimum atomic E-state index is -0.685. The molecule has 2 amide bonds. The van der Waals surface area contributed by atoms with Crippen molar-refractivity contribution in [1.82, 2.24) is 10.3 Å². The Labute approximate surface area is 175 Å². The van der Waals surface area contributed by atoms with Gasteiger partial charge in [-0.2, -0.15) is 11.8 Å². The van der Waals surface area contributed by atoms with Gasteiger partial charge in [0.05, 0.1) is 10.2 Å². The molecular formula is C21H19N3O3S2. The zero-order chi connectivity index (χ0) is 20.2. The van der Waals surface area contributed by atoms with Gasteiger partial charge >= 0.3 is 0 Å². The van der Waals surface area contributed by atoms with Crippen LogP contribution in [0.2, 0.25) is 0 Å². The Morgan fingerprint density at radius 1 is 1.17 bits per heavy atom. The van der Waals surface area contributed by atoms with Crippen molar-refractivity contribution >= 4 is 61.2 Å². The van der Waals surface area contributed by atoms with Gasteiger partial charge in [-0.15, -0.1) is 0 Å². The van der Waals surface area contributed by atoms with Gasteiger partial charge in [-0.25, -0.2) is 4.98 Å². The van der Waals surface area contributed by atoms with Gasteiger partial charge in [-0.3, -0.25) is 9.59 Å². The number of carbonyl (C=O) groups excluding carboxylic acids is 2. The number of benzene rings is 2. The van der Waals surface area contributed by atoms with Crippen LogP contribution < -0.4 is 10.6 Å². The monoisotopic (exact) mass is 425 g/mol. The lowest BCUT2D eigenvalue weighted by molar-refractivity contribution is -0.118. The maximum absolute atomic E-state index is 12.8. The molecule has 29 heavy (non-hydrogen) atoms. The van der Waals surface area contributed by atoms with Crippen LogP contribution in [0.15, 0.2) is 59.0 Å².